The lowest BCUT2D eigenvalue weighted by Crippen LogP contribution is -2.58. The van der Waals surface area contributed by atoms with Crippen molar-refractivity contribution in [3.63, 3.8) is 0 Å². The molecule has 38 heavy (non-hydrogen) atoms. The van der Waals surface area contributed by atoms with Gasteiger partial charge in [-0.1, -0.05) is 19.1 Å². The summed E-state index contributed by atoms with van der Waals surface area (Å²) in [4.78, 5) is 59.2. The monoisotopic (exact) mass is 533 g/mol. The van der Waals surface area contributed by atoms with Gasteiger partial charge in [-0.05, 0) is 45.1 Å². The summed E-state index contributed by atoms with van der Waals surface area (Å²) in [6, 6.07) is 0. The second kappa shape index (κ2) is 11.9. The highest BCUT2D eigenvalue weighted by molar-refractivity contribution is 6.34. The van der Waals surface area contributed by atoms with Gasteiger partial charge in [0.1, 0.15) is 17.2 Å². The van der Waals surface area contributed by atoms with Crippen LogP contribution in [-0.4, -0.2) is 82.1 Å². The first-order valence-electron chi connectivity index (χ1n) is 12.8. The Kier molecular flexibility index (Phi) is 9.08. The number of likely N-dealkylation sites (N-methyl/N-ethyl adjacent to an activating group) is 2. The number of hydrogen-bond donors (Lipinski definition) is 2. The molecular formula is C26H36FN5O6. The predicted molar refractivity (Wildman–Crippen MR) is 137 cm³/mol. The molecule has 1 saturated heterocycles. The van der Waals surface area contributed by atoms with Crippen molar-refractivity contribution >= 4 is 17.7 Å². The number of nitrogens with zero attached hydrogens (tertiary/aromatic N) is 4. The number of hydrogen-bond acceptors (Lipinski definition) is 7. The van der Waals surface area contributed by atoms with E-state index in [2.05, 4.69) is 10.3 Å². The van der Waals surface area contributed by atoms with Gasteiger partial charge < -0.3 is 25.0 Å². The van der Waals surface area contributed by atoms with Crippen molar-refractivity contribution < 1.29 is 28.6 Å². The highest BCUT2D eigenvalue weighted by Gasteiger charge is 2.52. The topological polar surface area (TPSA) is 134 Å². The molecule has 3 amide bonds. The van der Waals surface area contributed by atoms with Crippen LogP contribution in [0.15, 0.2) is 28.8 Å². The number of halogens is 1. The van der Waals surface area contributed by atoms with E-state index in [9.17, 15) is 28.7 Å². The van der Waals surface area contributed by atoms with Crippen LogP contribution in [0.4, 0.5) is 4.39 Å². The Hall–Kier alpha value is -3.54. The number of aromatic hydroxyl groups is 1. The molecule has 12 heteroatoms. The third-order valence-corrected chi connectivity index (χ3v) is 7.12. The van der Waals surface area contributed by atoms with Crippen molar-refractivity contribution in [2.75, 3.05) is 33.8 Å². The van der Waals surface area contributed by atoms with Gasteiger partial charge in [-0.15, -0.1) is 0 Å². The van der Waals surface area contributed by atoms with Gasteiger partial charge in [-0.2, -0.15) is 0 Å². The molecule has 2 bridgehead atoms. The van der Waals surface area contributed by atoms with Crippen LogP contribution in [0, 0.1) is 5.92 Å². The maximum absolute atomic E-state index is 13.5. The van der Waals surface area contributed by atoms with E-state index < -0.39 is 46.1 Å². The van der Waals surface area contributed by atoms with Crippen LogP contribution < -0.4 is 10.9 Å². The summed E-state index contributed by atoms with van der Waals surface area (Å²) in [5.41, 5.74) is -2.59. The quantitative estimate of drug-likeness (QED) is 0.382. The number of nitrogens with one attached hydrogen (secondary N) is 1. The van der Waals surface area contributed by atoms with Crippen LogP contribution >= 0.6 is 0 Å². The van der Waals surface area contributed by atoms with Crippen LogP contribution in [0.3, 0.4) is 0 Å². The van der Waals surface area contributed by atoms with Crippen molar-refractivity contribution in [3.8, 4) is 5.75 Å². The van der Waals surface area contributed by atoms with Crippen molar-refractivity contribution in [1.82, 2.24) is 24.7 Å². The van der Waals surface area contributed by atoms with Crippen LogP contribution in [0.25, 0.3) is 0 Å². The van der Waals surface area contributed by atoms with Crippen molar-refractivity contribution in [3.05, 3.63) is 45.9 Å². The van der Waals surface area contributed by atoms with Gasteiger partial charge in [-0.3, -0.25) is 23.7 Å². The molecule has 0 aliphatic carbocycles. The van der Waals surface area contributed by atoms with Crippen LogP contribution in [0.2, 0.25) is 0 Å². The van der Waals surface area contributed by atoms with E-state index in [1.54, 1.807) is 19.9 Å². The second-order valence-corrected chi connectivity index (χ2v) is 9.71. The maximum Gasteiger partial charge on any atom is 0.312 e. The zero-order valence-electron chi connectivity index (χ0n) is 22.5. The molecule has 0 radical (unpaired) electrons. The fourth-order valence-electron chi connectivity index (χ4n) is 4.82. The normalized spacial score (nSPS) is 21.5. The summed E-state index contributed by atoms with van der Waals surface area (Å²) in [7, 11) is 2.93. The lowest BCUT2D eigenvalue weighted by molar-refractivity contribution is -0.161. The van der Waals surface area contributed by atoms with E-state index in [1.165, 1.54) is 40.6 Å². The smallest absolute Gasteiger partial charge is 0.312 e. The van der Waals surface area contributed by atoms with Crippen molar-refractivity contribution in [2.24, 2.45) is 5.92 Å². The Morgan fingerprint density at radius 1 is 1.32 bits per heavy atom. The van der Waals surface area contributed by atoms with Gasteiger partial charge in [-0.25, -0.2) is 9.37 Å². The molecule has 1 fully saturated rings. The Balaban J connectivity index is 2.04. The molecule has 0 spiro atoms. The number of rotatable bonds is 8. The number of carbonyl (C=O) groups excluding carboxylic acids is 3. The SMILES string of the molecule is CC=C(F)C=CC(CC)CNC(=O)c1nc2n(c(=O)c1O)CC1CCC2(N(CC)C(=O)C(=O)N(C)C)CO1. The number of carbonyl (C=O) groups is 3. The van der Waals surface area contributed by atoms with E-state index in [1.807, 2.05) is 6.92 Å². The molecule has 1 aromatic rings. The highest BCUT2D eigenvalue weighted by atomic mass is 19.1. The van der Waals surface area contributed by atoms with E-state index in [4.69, 9.17) is 4.74 Å². The van der Waals surface area contributed by atoms with E-state index >= 15 is 0 Å². The summed E-state index contributed by atoms with van der Waals surface area (Å²) >= 11 is 0. The first kappa shape index (κ1) is 29.0. The summed E-state index contributed by atoms with van der Waals surface area (Å²) in [5, 5.41) is 13.3. The van der Waals surface area contributed by atoms with E-state index in [0.717, 1.165) is 0 Å². The fraction of sp³-hybridized carbons (Fsp3) is 0.577. The summed E-state index contributed by atoms with van der Waals surface area (Å²) in [6.45, 7) is 5.47. The average Bonchev–Trinajstić information content (AvgIpc) is 3.16. The maximum atomic E-state index is 13.5. The van der Waals surface area contributed by atoms with Crippen LogP contribution in [0.1, 0.15) is 56.3 Å². The number of allylic oxidation sites excluding steroid dienone is 3. The molecule has 3 aliphatic heterocycles. The Bertz CT molecular complexity index is 1200. The van der Waals surface area contributed by atoms with Gasteiger partial charge in [0.15, 0.2) is 5.69 Å². The van der Waals surface area contributed by atoms with Gasteiger partial charge in [0.2, 0.25) is 5.75 Å². The lowest BCUT2D eigenvalue weighted by Gasteiger charge is -2.44. The summed E-state index contributed by atoms with van der Waals surface area (Å²) < 4.78 is 20.7. The second-order valence-electron chi connectivity index (χ2n) is 9.71. The third kappa shape index (κ3) is 5.50. The standard InChI is InChI=1S/C26H36FN5O6/c1-6-16(9-10-17(27)7-2)13-28-21(34)19-20(33)22(35)31-14-18-11-12-26(15-38-18,25(31)29-19)32(8-3)24(37)23(36)30(4)5/h7,9-10,16,18,33H,6,8,11-15H2,1-5H3,(H,28,34). The molecule has 3 unspecified atom stereocenters. The third-order valence-electron chi connectivity index (χ3n) is 7.12. The average molecular weight is 534 g/mol. The minimum atomic E-state index is -1.29. The predicted octanol–water partition coefficient (Wildman–Crippen LogP) is 1.46. The first-order valence-corrected chi connectivity index (χ1v) is 12.8. The molecule has 2 N–H and O–H groups in total. The molecule has 0 aromatic carbocycles. The molecule has 3 aliphatic rings. The number of ether oxygens (including phenoxy) is 1. The Labute approximate surface area is 221 Å². The Morgan fingerprint density at radius 2 is 2.03 bits per heavy atom. The van der Waals surface area contributed by atoms with Gasteiger partial charge in [0, 0.05) is 27.2 Å². The first-order chi connectivity index (χ1) is 18.0. The van der Waals surface area contributed by atoms with Crippen LogP contribution in [0.5, 0.6) is 5.75 Å². The minimum Gasteiger partial charge on any atom is -0.501 e. The molecule has 1 aromatic heterocycles. The summed E-state index contributed by atoms with van der Waals surface area (Å²) in [5.74, 6) is -3.64. The van der Waals surface area contributed by atoms with E-state index in [-0.39, 0.29) is 44.1 Å². The Morgan fingerprint density at radius 3 is 2.58 bits per heavy atom. The zero-order valence-corrected chi connectivity index (χ0v) is 22.5. The van der Waals surface area contributed by atoms with Crippen molar-refractivity contribution in [2.45, 2.75) is 58.2 Å². The molecule has 4 heterocycles. The molecule has 11 nitrogen and oxygen atoms in total. The van der Waals surface area contributed by atoms with Gasteiger partial charge in [0.05, 0.1) is 19.3 Å². The largest absolute Gasteiger partial charge is 0.501 e. The molecule has 208 valence electrons. The molecule has 3 atom stereocenters. The molecule has 0 saturated carbocycles. The molecule has 4 rings (SSSR count). The van der Waals surface area contributed by atoms with Gasteiger partial charge >= 0.3 is 11.8 Å². The number of fused-ring (bicyclic) bond motifs is 2. The molecular weight excluding hydrogens is 497 g/mol. The van der Waals surface area contributed by atoms with E-state index in [0.29, 0.717) is 19.3 Å². The lowest BCUT2D eigenvalue weighted by atomic mass is 9.87. The zero-order chi connectivity index (χ0) is 28.2. The van der Waals surface area contributed by atoms with Crippen LogP contribution in [-0.2, 0) is 26.4 Å². The number of aromatic nitrogens is 2. The summed E-state index contributed by atoms with van der Waals surface area (Å²) in [6.07, 6.45) is 5.36. The fourth-order valence-corrected chi connectivity index (χ4v) is 4.82. The van der Waals surface area contributed by atoms with Crippen molar-refractivity contribution in [1.29, 1.82) is 0 Å². The highest BCUT2D eigenvalue weighted by Crippen LogP contribution is 2.41. The van der Waals surface area contributed by atoms with Gasteiger partial charge in [0.25, 0.3) is 11.5 Å². The minimum absolute atomic E-state index is 0.0184. The number of amides is 3.